The maximum atomic E-state index is 6.14. The Morgan fingerprint density at radius 2 is 0.829 bits per heavy atom. The van der Waals surface area contributed by atoms with Gasteiger partial charge in [-0.1, -0.05) is 165 Å². The highest BCUT2D eigenvalue weighted by molar-refractivity contribution is 6.13. The second kappa shape index (κ2) is 16.7. The van der Waals surface area contributed by atoms with Gasteiger partial charge in [-0.2, -0.15) is 0 Å². The summed E-state index contributed by atoms with van der Waals surface area (Å²) in [5.74, 6) is 1.26. The minimum Gasteiger partial charge on any atom is -0.436 e. The standard InChI is InChI=1S/C76H48N4O2/c1-75-45-53(80-68-23-11-5-17-57(68)60-43-51(35-41-70(60)80)47-28-32-49(33-29-47)74-78-66-21-9-13-25-72(66)82-74)37-39-61(75)58-38-36-52(44-64(58)76(75)62-18-6-2-14-54(62)55-15-3-7-19-63(55)76)79-67-22-10-4-16-56(67)59-42-50(34-40-69(59)79)46-26-30-48(31-27-46)73-77-65-20-8-12-24-71(65)81-73/h2-44H,45H2,1H3. The van der Waals surface area contributed by atoms with E-state index in [4.69, 9.17) is 18.8 Å². The molecule has 6 heteroatoms. The lowest BCUT2D eigenvalue weighted by Crippen LogP contribution is -2.42. The summed E-state index contributed by atoms with van der Waals surface area (Å²) in [7, 11) is 0. The van der Waals surface area contributed by atoms with Gasteiger partial charge in [-0.15, -0.1) is 0 Å². The van der Waals surface area contributed by atoms with E-state index in [0.717, 1.165) is 62.1 Å². The van der Waals surface area contributed by atoms with E-state index in [1.807, 2.05) is 48.5 Å². The number of hydrogen-bond acceptors (Lipinski definition) is 4. The van der Waals surface area contributed by atoms with Crippen molar-refractivity contribution < 1.29 is 8.83 Å². The van der Waals surface area contributed by atoms with E-state index in [0.29, 0.717) is 11.8 Å². The van der Waals surface area contributed by atoms with Crippen molar-refractivity contribution in [2.24, 2.45) is 5.41 Å². The minimum atomic E-state index is -0.511. The lowest BCUT2D eigenvalue weighted by molar-refractivity contribution is 0.329. The Labute approximate surface area is 471 Å². The number of allylic oxidation sites excluding steroid dienone is 4. The number of oxazole rings is 2. The average Bonchev–Trinajstić information content (AvgIpc) is 3.26. The van der Waals surface area contributed by atoms with Crippen molar-refractivity contribution in [2.45, 2.75) is 18.8 Å². The van der Waals surface area contributed by atoms with Gasteiger partial charge < -0.3 is 18.0 Å². The van der Waals surface area contributed by atoms with Crippen molar-refractivity contribution >= 4 is 77.1 Å². The van der Waals surface area contributed by atoms with Crippen molar-refractivity contribution in [3.05, 3.63) is 283 Å². The summed E-state index contributed by atoms with van der Waals surface area (Å²) in [5, 5.41) is 4.91. The summed E-state index contributed by atoms with van der Waals surface area (Å²) in [6.45, 7) is 2.56. The monoisotopic (exact) mass is 1050 g/mol. The molecule has 384 valence electrons. The molecule has 0 saturated heterocycles. The molecule has 3 aliphatic carbocycles. The molecule has 1 unspecified atom stereocenters. The van der Waals surface area contributed by atoms with Crippen molar-refractivity contribution in [3.8, 4) is 62.0 Å². The Kier molecular flexibility index (Phi) is 9.25. The molecule has 0 fully saturated rings. The Morgan fingerprint density at radius 1 is 0.366 bits per heavy atom. The minimum absolute atomic E-state index is 0.388. The molecule has 0 amide bonds. The normalized spacial score (nSPS) is 15.9. The van der Waals surface area contributed by atoms with Crippen LogP contribution in [0.1, 0.15) is 35.6 Å². The third-order valence-corrected chi connectivity index (χ3v) is 18.5. The first-order valence-corrected chi connectivity index (χ1v) is 28.2. The van der Waals surface area contributed by atoms with E-state index in [1.54, 1.807) is 0 Å². The maximum absolute atomic E-state index is 6.14. The van der Waals surface area contributed by atoms with Gasteiger partial charge in [0.2, 0.25) is 11.8 Å². The fraction of sp³-hybridized carbons (Fsp3) is 0.0526. The molecule has 3 aliphatic rings. The summed E-state index contributed by atoms with van der Waals surface area (Å²) in [5.41, 5.74) is 25.5. The van der Waals surface area contributed by atoms with Crippen LogP contribution in [0.4, 0.5) is 0 Å². The van der Waals surface area contributed by atoms with Crippen LogP contribution in [0.15, 0.2) is 270 Å². The zero-order valence-electron chi connectivity index (χ0n) is 44.6. The van der Waals surface area contributed by atoms with E-state index >= 15 is 0 Å². The van der Waals surface area contributed by atoms with E-state index < -0.39 is 5.41 Å². The van der Waals surface area contributed by atoms with E-state index in [2.05, 4.69) is 228 Å². The van der Waals surface area contributed by atoms with Crippen LogP contribution in [0.5, 0.6) is 0 Å². The van der Waals surface area contributed by atoms with Crippen molar-refractivity contribution in [1.29, 1.82) is 0 Å². The lowest BCUT2D eigenvalue weighted by Gasteiger charge is -2.46. The number of aromatic nitrogens is 4. The molecule has 15 aromatic rings. The summed E-state index contributed by atoms with van der Waals surface area (Å²) in [4.78, 5) is 9.52. The Hall–Kier alpha value is -10.6. The van der Waals surface area contributed by atoms with Crippen molar-refractivity contribution in [1.82, 2.24) is 19.1 Å². The van der Waals surface area contributed by atoms with Crippen LogP contribution in [-0.4, -0.2) is 19.1 Å². The third-order valence-electron chi connectivity index (χ3n) is 18.5. The first-order valence-electron chi connectivity index (χ1n) is 28.2. The number of hydrogen-bond donors (Lipinski definition) is 0. The van der Waals surface area contributed by atoms with Crippen molar-refractivity contribution in [2.75, 3.05) is 0 Å². The molecule has 0 N–H and O–H groups in total. The molecule has 11 aromatic carbocycles. The van der Waals surface area contributed by atoms with Crippen LogP contribution >= 0.6 is 0 Å². The molecule has 0 radical (unpaired) electrons. The quantitative estimate of drug-likeness (QED) is 0.166. The zero-order chi connectivity index (χ0) is 53.8. The van der Waals surface area contributed by atoms with Crippen LogP contribution in [0.3, 0.4) is 0 Å². The molecule has 0 saturated carbocycles. The molecule has 1 spiro atoms. The maximum Gasteiger partial charge on any atom is 0.227 e. The Morgan fingerprint density at radius 3 is 1.40 bits per heavy atom. The Bertz CT molecular complexity index is 5160. The first kappa shape index (κ1) is 45.3. The molecule has 0 bridgehead atoms. The molecule has 0 aliphatic heterocycles. The highest BCUT2D eigenvalue weighted by Gasteiger charge is 2.63. The SMILES string of the molecule is CC12CC(n3c4ccccc4c4cc(-c5ccc(-c6nc7ccccc7o6)cc5)ccc43)=CC=C1c1ccc(-n3c4ccccc4c4cc(-c5ccc(-c6nc7ccccc7o6)cc5)ccc43)cc1C21c2ccccc2-c2ccccc21. The predicted octanol–water partition coefficient (Wildman–Crippen LogP) is 19.5. The molecule has 82 heavy (non-hydrogen) atoms. The first-order chi connectivity index (χ1) is 40.5. The summed E-state index contributed by atoms with van der Waals surface area (Å²) < 4.78 is 17.3. The highest BCUT2D eigenvalue weighted by Crippen LogP contribution is 2.72. The number of fused-ring (bicyclic) bond motifs is 18. The van der Waals surface area contributed by atoms with Gasteiger partial charge in [0.1, 0.15) is 11.0 Å². The average molecular weight is 1050 g/mol. The van der Waals surface area contributed by atoms with Crippen molar-refractivity contribution in [3.63, 3.8) is 0 Å². The van der Waals surface area contributed by atoms with Gasteiger partial charge in [0.15, 0.2) is 11.2 Å². The summed E-state index contributed by atoms with van der Waals surface area (Å²) in [6.07, 6.45) is 5.69. The Balaban J connectivity index is 0.767. The fourth-order valence-electron chi connectivity index (χ4n) is 14.9. The van der Waals surface area contributed by atoms with Crippen LogP contribution in [0.2, 0.25) is 0 Å². The molecule has 6 nitrogen and oxygen atoms in total. The van der Waals surface area contributed by atoms with Gasteiger partial charge in [-0.05, 0) is 171 Å². The number of rotatable bonds is 6. The smallest absolute Gasteiger partial charge is 0.227 e. The van der Waals surface area contributed by atoms with E-state index in [1.165, 1.54) is 93.8 Å². The van der Waals surface area contributed by atoms with Gasteiger partial charge in [0, 0.05) is 49.5 Å². The van der Waals surface area contributed by atoms with Crippen LogP contribution in [0, 0.1) is 5.41 Å². The van der Waals surface area contributed by atoms with Gasteiger partial charge in [0.25, 0.3) is 0 Å². The molecular formula is C76H48N4O2. The van der Waals surface area contributed by atoms with Crippen LogP contribution in [-0.2, 0) is 5.41 Å². The molecule has 4 aromatic heterocycles. The van der Waals surface area contributed by atoms with Crippen LogP contribution in [0.25, 0.3) is 139 Å². The molecule has 4 heterocycles. The van der Waals surface area contributed by atoms with E-state index in [-0.39, 0.29) is 5.41 Å². The number of nitrogens with zero attached hydrogens (tertiary/aromatic N) is 4. The molecular weight excluding hydrogens is 1000 g/mol. The number of benzene rings is 11. The largest absolute Gasteiger partial charge is 0.436 e. The van der Waals surface area contributed by atoms with Gasteiger partial charge in [0.05, 0.1) is 27.5 Å². The third kappa shape index (κ3) is 6.18. The predicted molar refractivity (Wildman–Crippen MR) is 334 cm³/mol. The second-order valence-corrected chi connectivity index (χ2v) is 22.6. The van der Waals surface area contributed by atoms with Gasteiger partial charge in [-0.3, -0.25) is 0 Å². The molecule has 18 rings (SSSR count). The topological polar surface area (TPSA) is 61.9 Å². The summed E-state index contributed by atoms with van der Waals surface area (Å²) >= 11 is 0. The zero-order valence-corrected chi connectivity index (χ0v) is 44.6. The lowest BCUT2D eigenvalue weighted by atomic mass is 9.56. The van der Waals surface area contributed by atoms with Gasteiger partial charge >= 0.3 is 0 Å². The summed E-state index contributed by atoms with van der Waals surface area (Å²) in [6, 6.07) is 90.6. The molecule has 1 atom stereocenters. The van der Waals surface area contributed by atoms with Crippen LogP contribution < -0.4 is 0 Å². The number of para-hydroxylation sites is 6. The van der Waals surface area contributed by atoms with E-state index in [9.17, 15) is 0 Å². The van der Waals surface area contributed by atoms with Gasteiger partial charge in [-0.25, -0.2) is 9.97 Å². The fourth-order valence-corrected chi connectivity index (χ4v) is 14.9. The highest BCUT2D eigenvalue weighted by atomic mass is 16.4. The second-order valence-electron chi connectivity index (χ2n) is 22.6.